The van der Waals surface area contributed by atoms with Gasteiger partial charge in [-0.15, -0.1) is 11.3 Å². The fraction of sp³-hybridized carbons (Fsp3) is 0.412. The fourth-order valence-corrected chi connectivity index (χ4v) is 3.11. The largest absolute Gasteiger partial charge is 0.504 e. The number of nitrogens with zero attached hydrogens (tertiary/aromatic N) is 1. The zero-order valence-corrected chi connectivity index (χ0v) is 15.3. The summed E-state index contributed by atoms with van der Waals surface area (Å²) in [5.41, 5.74) is 1.75. The lowest BCUT2D eigenvalue weighted by Crippen LogP contribution is -2.34. The Labute approximate surface area is 150 Å². The number of anilines is 1. The van der Waals surface area contributed by atoms with Gasteiger partial charge >= 0.3 is 6.03 Å². The maximum atomic E-state index is 11.9. The van der Waals surface area contributed by atoms with E-state index in [2.05, 4.69) is 15.6 Å². The first-order chi connectivity index (χ1) is 11.9. The van der Waals surface area contributed by atoms with E-state index in [1.54, 1.807) is 12.1 Å². The Morgan fingerprint density at radius 1 is 1.40 bits per heavy atom. The van der Waals surface area contributed by atoms with Crippen molar-refractivity contribution in [2.45, 2.75) is 20.3 Å². The number of phenolic OH excluding ortho intramolecular Hbond substituents is 1. The monoisotopic (exact) mass is 365 g/mol. The van der Waals surface area contributed by atoms with Gasteiger partial charge in [0.25, 0.3) is 0 Å². The lowest BCUT2D eigenvalue weighted by atomic mass is 9.99. The van der Waals surface area contributed by atoms with Crippen molar-refractivity contribution in [3.8, 4) is 11.5 Å². The number of urea groups is 1. The van der Waals surface area contributed by atoms with Crippen molar-refractivity contribution in [2.75, 3.05) is 25.6 Å². The Morgan fingerprint density at radius 2 is 2.16 bits per heavy atom. The molecule has 4 N–H and O–H groups in total. The number of ether oxygens (including phenoxy) is 1. The van der Waals surface area contributed by atoms with Gasteiger partial charge in [0.2, 0.25) is 0 Å². The summed E-state index contributed by atoms with van der Waals surface area (Å²) in [7, 11) is 1.49. The average Bonchev–Trinajstić information content (AvgIpc) is 2.89. The van der Waals surface area contributed by atoms with Crippen LogP contribution in [0.25, 0.3) is 0 Å². The maximum absolute atomic E-state index is 11.9. The van der Waals surface area contributed by atoms with Crippen LogP contribution in [-0.4, -0.2) is 41.5 Å². The highest BCUT2D eigenvalue weighted by atomic mass is 32.1. The van der Waals surface area contributed by atoms with Crippen LogP contribution in [-0.2, 0) is 6.42 Å². The van der Waals surface area contributed by atoms with Crippen molar-refractivity contribution in [2.24, 2.45) is 5.92 Å². The zero-order chi connectivity index (χ0) is 18.4. The average molecular weight is 365 g/mol. The molecule has 8 heteroatoms. The molecule has 136 valence electrons. The predicted octanol–water partition coefficient (Wildman–Crippen LogP) is 2.45. The third-order valence-corrected chi connectivity index (χ3v) is 4.81. The Hall–Kier alpha value is -2.32. The number of methoxy groups -OCH3 is 1. The summed E-state index contributed by atoms with van der Waals surface area (Å²) in [6.07, 6.45) is 0.518. The van der Waals surface area contributed by atoms with Crippen LogP contribution in [0.15, 0.2) is 18.2 Å². The van der Waals surface area contributed by atoms with Crippen LogP contribution in [0.1, 0.15) is 16.1 Å². The van der Waals surface area contributed by atoms with Crippen LogP contribution in [0.5, 0.6) is 11.5 Å². The van der Waals surface area contributed by atoms with Gasteiger partial charge in [-0.1, -0.05) is 6.07 Å². The van der Waals surface area contributed by atoms with Crippen molar-refractivity contribution >= 4 is 22.5 Å². The van der Waals surface area contributed by atoms with Crippen LogP contribution in [0.3, 0.4) is 0 Å². The first-order valence-corrected chi connectivity index (χ1v) is 8.70. The summed E-state index contributed by atoms with van der Waals surface area (Å²) in [4.78, 5) is 17.3. The van der Waals surface area contributed by atoms with Gasteiger partial charge in [-0.2, -0.15) is 0 Å². The Bertz CT molecular complexity index is 713. The Morgan fingerprint density at radius 3 is 2.72 bits per heavy atom. The summed E-state index contributed by atoms with van der Waals surface area (Å²) in [6.45, 7) is 4.06. The normalized spacial score (nSPS) is 11.8. The van der Waals surface area contributed by atoms with Crippen LogP contribution >= 0.6 is 11.3 Å². The lowest BCUT2D eigenvalue weighted by molar-refractivity contribution is 0.218. The standard InChI is InChI=1S/C17H23N3O4S/c1-10-11(2)25-17(19-10)20-16(23)18-8-13(9-21)6-12-4-5-15(24-3)14(22)7-12/h4-5,7,13,21-22H,6,8-9H2,1-3H3,(H2,18,19,20,23)/t13-/m0/s1. The van der Waals surface area contributed by atoms with E-state index in [0.29, 0.717) is 23.8 Å². The Kier molecular flexibility index (Phi) is 6.60. The van der Waals surface area contributed by atoms with E-state index in [-0.39, 0.29) is 24.3 Å². The molecule has 1 aromatic heterocycles. The molecule has 7 nitrogen and oxygen atoms in total. The minimum atomic E-state index is -0.357. The van der Waals surface area contributed by atoms with E-state index in [9.17, 15) is 15.0 Å². The van der Waals surface area contributed by atoms with E-state index in [0.717, 1.165) is 16.1 Å². The number of hydrogen-bond acceptors (Lipinski definition) is 6. The number of aryl methyl sites for hydroxylation is 2. The highest BCUT2D eigenvalue weighted by molar-refractivity contribution is 7.15. The highest BCUT2D eigenvalue weighted by Crippen LogP contribution is 2.27. The fourth-order valence-electron chi connectivity index (χ4n) is 2.30. The molecule has 2 rings (SSSR count). The summed E-state index contributed by atoms with van der Waals surface area (Å²) in [6, 6.07) is 4.74. The maximum Gasteiger partial charge on any atom is 0.321 e. The molecule has 0 aliphatic carbocycles. The second-order valence-corrected chi connectivity index (χ2v) is 6.96. The van der Waals surface area contributed by atoms with Gasteiger partial charge in [0.05, 0.1) is 12.8 Å². The van der Waals surface area contributed by atoms with Gasteiger partial charge in [-0.05, 0) is 38.0 Å². The van der Waals surface area contributed by atoms with Crippen LogP contribution < -0.4 is 15.4 Å². The molecule has 0 bridgehead atoms. The predicted molar refractivity (Wildman–Crippen MR) is 97.5 cm³/mol. The molecule has 2 aromatic rings. The van der Waals surface area contributed by atoms with E-state index < -0.39 is 0 Å². The molecule has 0 saturated carbocycles. The topological polar surface area (TPSA) is 104 Å². The first-order valence-electron chi connectivity index (χ1n) is 7.88. The number of aromatic nitrogens is 1. The lowest BCUT2D eigenvalue weighted by Gasteiger charge is -2.16. The van der Waals surface area contributed by atoms with Crippen LogP contribution in [0.4, 0.5) is 9.93 Å². The van der Waals surface area contributed by atoms with Gasteiger partial charge < -0.3 is 20.3 Å². The number of rotatable bonds is 7. The number of carbonyl (C=O) groups is 1. The van der Waals surface area contributed by atoms with Gasteiger partial charge in [0.1, 0.15) is 0 Å². The molecule has 0 fully saturated rings. The molecule has 0 aliphatic rings. The molecule has 0 aliphatic heterocycles. The van der Waals surface area contributed by atoms with Crippen molar-refractivity contribution in [3.05, 3.63) is 34.3 Å². The molecule has 1 heterocycles. The molecule has 25 heavy (non-hydrogen) atoms. The second kappa shape index (κ2) is 8.68. The van der Waals surface area contributed by atoms with E-state index >= 15 is 0 Å². The third kappa shape index (κ3) is 5.33. The molecule has 0 radical (unpaired) electrons. The summed E-state index contributed by atoms with van der Waals surface area (Å²) in [5, 5.41) is 25.3. The number of aliphatic hydroxyl groups is 1. The molecule has 0 saturated heterocycles. The summed E-state index contributed by atoms with van der Waals surface area (Å²) in [5.74, 6) is 0.283. The van der Waals surface area contributed by atoms with Crippen LogP contribution in [0, 0.1) is 19.8 Å². The summed E-state index contributed by atoms with van der Waals surface area (Å²) >= 11 is 1.42. The molecular weight excluding hydrogens is 342 g/mol. The minimum Gasteiger partial charge on any atom is -0.504 e. The minimum absolute atomic E-state index is 0.0527. The van der Waals surface area contributed by atoms with Gasteiger partial charge in [0.15, 0.2) is 16.6 Å². The van der Waals surface area contributed by atoms with Crippen molar-refractivity contribution in [1.82, 2.24) is 10.3 Å². The first kappa shape index (κ1) is 19.0. The molecular formula is C17H23N3O4S. The molecule has 1 aromatic carbocycles. The quantitative estimate of drug-likeness (QED) is 0.603. The van der Waals surface area contributed by atoms with Gasteiger partial charge in [-0.25, -0.2) is 9.78 Å². The van der Waals surface area contributed by atoms with E-state index in [4.69, 9.17) is 4.74 Å². The number of benzene rings is 1. The zero-order valence-electron chi connectivity index (χ0n) is 14.5. The summed E-state index contributed by atoms with van der Waals surface area (Å²) < 4.78 is 5.01. The van der Waals surface area contributed by atoms with Crippen LogP contribution in [0.2, 0.25) is 0 Å². The smallest absolute Gasteiger partial charge is 0.321 e. The Balaban J connectivity index is 1.86. The SMILES string of the molecule is COc1ccc(C[C@H](CO)CNC(=O)Nc2nc(C)c(C)s2)cc1O. The number of aromatic hydroxyl groups is 1. The number of amides is 2. The van der Waals surface area contributed by atoms with Gasteiger partial charge in [0, 0.05) is 23.9 Å². The van der Waals surface area contributed by atoms with Crippen molar-refractivity contribution in [3.63, 3.8) is 0 Å². The highest BCUT2D eigenvalue weighted by Gasteiger charge is 2.13. The third-order valence-electron chi connectivity index (χ3n) is 3.83. The molecule has 1 atom stereocenters. The van der Waals surface area contributed by atoms with E-state index in [1.807, 2.05) is 19.9 Å². The molecule has 0 unspecified atom stereocenters. The number of phenols is 1. The molecule has 2 amide bonds. The van der Waals surface area contributed by atoms with E-state index in [1.165, 1.54) is 18.4 Å². The number of hydrogen-bond donors (Lipinski definition) is 4. The van der Waals surface area contributed by atoms with Crippen molar-refractivity contribution in [1.29, 1.82) is 0 Å². The second-order valence-electron chi connectivity index (χ2n) is 5.75. The van der Waals surface area contributed by atoms with Crippen molar-refractivity contribution < 1.29 is 19.7 Å². The molecule has 0 spiro atoms. The number of aliphatic hydroxyl groups excluding tert-OH is 1. The van der Waals surface area contributed by atoms with Gasteiger partial charge in [-0.3, -0.25) is 5.32 Å². The number of nitrogens with one attached hydrogen (secondary N) is 2. The number of carbonyl (C=O) groups excluding carboxylic acids is 1. The number of thiazole rings is 1.